The zero-order valence-electron chi connectivity index (χ0n) is 12.7. The fourth-order valence-corrected chi connectivity index (χ4v) is 2.18. The molecule has 0 radical (unpaired) electrons. The van der Waals surface area contributed by atoms with Crippen LogP contribution in [0.5, 0.6) is 5.75 Å². The van der Waals surface area contributed by atoms with Gasteiger partial charge in [0.1, 0.15) is 11.3 Å². The van der Waals surface area contributed by atoms with Crippen LogP contribution in [0.25, 0.3) is 11.4 Å². The van der Waals surface area contributed by atoms with E-state index in [0.29, 0.717) is 10.8 Å². The van der Waals surface area contributed by atoms with E-state index in [4.69, 9.17) is 20.9 Å². The molecule has 3 rings (SSSR count). The highest BCUT2D eigenvalue weighted by atomic mass is 35.5. The number of nitrogens with zero attached hydrogens (tertiary/aromatic N) is 2. The van der Waals surface area contributed by atoms with Crippen molar-refractivity contribution >= 4 is 17.6 Å². The SMILES string of the molecule is Cc1ccc(C(=O)OCc2nc(-c3ccc(Cl)cc3)no2)c(O)c1. The Hall–Kier alpha value is -2.86. The minimum Gasteiger partial charge on any atom is -0.507 e. The van der Waals surface area contributed by atoms with Gasteiger partial charge in [-0.25, -0.2) is 4.79 Å². The average Bonchev–Trinajstić information content (AvgIpc) is 3.02. The van der Waals surface area contributed by atoms with Gasteiger partial charge < -0.3 is 14.4 Å². The molecule has 0 saturated heterocycles. The number of hydrogen-bond acceptors (Lipinski definition) is 6. The second-order valence-electron chi connectivity index (χ2n) is 5.12. The van der Waals surface area contributed by atoms with E-state index in [0.717, 1.165) is 11.1 Å². The maximum atomic E-state index is 12.0. The summed E-state index contributed by atoms with van der Waals surface area (Å²) >= 11 is 5.83. The lowest BCUT2D eigenvalue weighted by molar-refractivity contribution is 0.0426. The van der Waals surface area contributed by atoms with Crippen LogP contribution < -0.4 is 0 Å². The first-order chi connectivity index (χ1) is 11.5. The van der Waals surface area contributed by atoms with Crippen molar-refractivity contribution in [2.24, 2.45) is 0 Å². The van der Waals surface area contributed by atoms with Crippen LogP contribution in [0.15, 0.2) is 47.0 Å². The first-order valence-corrected chi connectivity index (χ1v) is 7.46. The third kappa shape index (κ3) is 3.55. The lowest BCUT2D eigenvalue weighted by atomic mass is 10.1. The maximum absolute atomic E-state index is 12.0. The van der Waals surface area contributed by atoms with E-state index in [1.165, 1.54) is 12.1 Å². The molecule has 0 bridgehead atoms. The van der Waals surface area contributed by atoms with Crippen LogP contribution in [0.4, 0.5) is 0 Å². The summed E-state index contributed by atoms with van der Waals surface area (Å²) in [4.78, 5) is 16.1. The van der Waals surface area contributed by atoms with Crippen molar-refractivity contribution in [3.05, 3.63) is 64.5 Å². The molecule has 1 heterocycles. The van der Waals surface area contributed by atoms with Gasteiger partial charge in [0.2, 0.25) is 5.82 Å². The highest BCUT2D eigenvalue weighted by Gasteiger charge is 2.15. The van der Waals surface area contributed by atoms with Crippen LogP contribution in [-0.4, -0.2) is 21.2 Å². The Morgan fingerprint density at radius 3 is 2.71 bits per heavy atom. The van der Waals surface area contributed by atoms with Crippen LogP contribution in [0, 0.1) is 6.92 Å². The van der Waals surface area contributed by atoms with Crippen LogP contribution >= 0.6 is 11.6 Å². The van der Waals surface area contributed by atoms with Gasteiger partial charge in [-0.05, 0) is 48.9 Å². The number of carbonyl (C=O) groups excluding carboxylic acids is 1. The van der Waals surface area contributed by atoms with Gasteiger partial charge in [0.15, 0.2) is 6.61 Å². The van der Waals surface area contributed by atoms with E-state index < -0.39 is 5.97 Å². The van der Waals surface area contributed by atoms with Crippen molar-refractivity contribution in [1.82, 2.24) is 10.1 Å². The number of phenols is 1. The molecule has 0 aliphatic carbocycles. The fourth-order valence-electron chi connectivity index (χ4n) is 2.05. The Kier molecular flexibility index (Phi) is 4.48. The highest BCUT2D eigenvalue weighted by Crippen LogP contribution is 2.21. The molecule has 0 aliphatic heterocycles. The van der Waals surface area contributed by atoms with Crippen LogP contribution in [0.2, 0.25) is 5.02 Å². The Balaban J connectivity index is 1.67. The van der Waals surface area contributed by atoms with Gasteiger partial charge in [-0.3, -0.25) is 0 Å². The zero-order valence-corrected chi connectivity index (χ0v) is 13.4. The first kappa shape index (κ1) is 16.0. The quantitative estimate of drug-likeness (QED) is 0.725. The zero-order chi connectivity index (χ0) is 17.1. The molecule has 6 nitrogen and oxygen atoms in total. The third-order valence-electron chi connectivity index (χ3n) is 3.27. The van der Waals surface area contributed by atoms with Gasteiger partial charge >= 0.3 is 5.97 Å². The van der Waals surface area contributed by atoms with Crippen molar-refractivity contribution in [1.29, 1.82) is 0 Å². The molecular weight excluding hydrogens is 332 g/mol. The van der Waals surface area contributed by atoms with E-state index >= 15 is 0 Å². The average molecular weight is 345 g/mol. The minimum absolute atomic E-state index is 0.0815. The van der Waals surface area contributed by atoms with Crippen molar-refractivity contribution in [2.75, 3.05) is 0 Å². The lowest BCUT2D eigenvalue weighted by Crippen LogP contribution is -2.06. The summed E-state index contributed by atoms with van der Waals surface area (Å²) in [6, 6.07) is 11.6. The smallest absolute Gasteiger partial charge is 0.342 e. The molecule has 24 heavy (non-hydrogen) atoms. The van der Waals surface area contributed by atoms with Gasteiger partial charge in [-0.15, -0.1) is 0 Å². The maximum Gasteiger partial charge on any atom is 0.342 e. The normalized spacial score (nSPS) is 10.6. The summed E-state index contributed by atoms with van der Waals surface area (Å²) in [6.07, 6.45) is 0. The number of aromatic hydroxyl groups is 1. The largest absolute Gasteiger partial charge is 0.507 e. The van der Waals surface area contributed by atoms with Gasteiger partial charge in [0.25, 0.3) is 5.89 Å². The number of phenolic OH excluding ortho intramolecular Hbond substituents is 1. The summed E-state index contributed by atoms with van der Waals surface area (Å²) < 4.78 is 10.1. The predicted octanol–water partition coefficient (Wildman–Crippen LogP) is 3.76. The Labute approximate surface area is 142 Å². The number of rotatable bonds is 4. The molecule has 0 unspecified atom stereocenters. The van der Waals surface area contributed by atoms with Gasteiger partial charge in [0.05, 0.1) is 0 Å². The Bertz CT molecular complexity index is 875. The molecule has 0 aliphatic rings. The molecule has 7 heteroatoms. The molecule has 0 fully saturated rings. The number of halogens is 1. The topological polar surface area (TPSA) is 85.5 Å². The third-order valence-corrected chi connectivity index (χ3v) is 3.52. The van der Waals surface area contributed by atoms with Gasteiger partial charge in [0, 0.05) is 10.6 Å². The number of aryl methyl sites for hydroxylation is 1. The van der Waals surface area contributed by atoms with Crippen molar-refractivity contribution < 1.29 is 19.2 Å². The van der Waals surface area contributed by atoms with Crippen molar-refractivity contribution in [2.45, 2.75) is 13.5 Å². The van der Waals surface area contributed by atoms with E-state index in [1.54, 1.807) is 30.3 Å². The number of esters is 1. The van der Waals surface area contributed by atoms with Crippen molar-refractivity contribution in [3.63, 3.8) is 0 Å². The number of ether oxygens (including phenoxy) is 1. The molecule has 0 atom stereocenters. The molecule has 0 spiro atoms. The molecule has 0 saturated carbocycles. The second-order valence-corrected chi connectivity index (χ2v) is 5.55. The van der Waals surface area contributed by atoms with E-state index in [1.807, 2.05) is 6.92 Å². The molecule has 2 aromatic carbocycles. The summed E-state index contributed by atoms with van der Waals surface area (Å²) in [6.45, 7) is 1.62. The highest BCUT2D eigenvalue weighted by molar-refractivity contribution is 6.30. The number of hydrogen-bond donors (Lipinski definition) is 1. The Morgan fingerprint density at radius 2 is 2.00 bits per heavy atom. The molecule has 1 N–H and O–H groups in total. The molecule has 122 valence electrons. The van der Waals surface area contributed by atoms with E-state index in [-0.39, 0.29) is 23.8 Å². The Morgan fingerprint density at radius 1 is 1.25 bits per heavy atom. The van der Waals surface area contributed by atoms with E-state index in [9.17, 15) is 9.90 Å². The summed E-state index contributed by atoms with van der Waals surface area (Å²) in [5.41, 5.74) is 1.66. The molecule has 1 aromatic heterocycles. The van der Waals surface area contributed by atoms with Gasteiger partial charge in [-0.2, -0.15) is 4.98 Å². The monoisotopic (exact) mass is 344 g/mol. The first-order valence-electron chi connectivity index (χ1n) is 7.08. The number of benzene rings is 2. The lowest BCUT2D eigenvalue weighted by Gasteiger charge is -2.04. The van der Waals surface area contributed by atoms with E-state index in [2.05, 4.69) is 10.1 Å². The summed E-state index contributed by atoms with van der Waals surface area (Å²) in [5.74, 6) is -0.276. The van der Waals surface area contributed by atoms with Crippen LogP contribution in [-0.2, 0) is 11.3 Å². The van der Waals surface area contributed by atoms with Crippen LogP contribution in [0.3, 0.4) is 0 Å². The molecule has 3 aromatic rings. The predicted molar refractivity (Wildman–Crippen MR) is 86.7 cm³/mol. The number of carbonyl (C=O) groups is 1. The standard InChI is InChI=1S/C17H13ClN2O4/c1-10-2-7-13(14(21)8-10)17(22)23-9-15-19-16(20-24-15)11-3-5-12(18)6-4-11/h2-8,21H,9H2,1H3. The minimum atomic E-state index is -0.668. The number of aromatic nitrogens is 2. The molecule has 0 amide bonds. The summed E-state index contributed by atoms with van der Waals surface area (Å²) in [5, 5.41) is 14.2. The van der Waals surface area contributed by atoms with Crippen molar-refractivity contribution in [3.8, 4) is 17.1 Å². The van der Waals surface area contributed by atoms with Gasteiger partial charge in [-0.1, -0.05) is 22.8 Å². The summed E-state index contributed by atoms with van der Waals surface area (Å²) in [7, 11) is 0. The fraction of sp³-hybridized carbons (Fsp3) is 0.118. The second kappa shape index (κ2) is 6.72. The van der Waals surface area contributed by atoms with Crippen LogP contribution in [0.1, 0.15) is 21.8 Å². The molecular formula is C17H13ClN2O4.